The lowest BCUT2D eigenvalue weighted by atomic mass is 9.90. The van der Waals surface area contributed by atoms with E-state index in [1.54, 1.807) is 11.3 Å². The summed E-state index contributed by atoms with van der Waals surface area (Å²) in [7, 11) is 0. The first-order chi connectivity index (χ1) is 8.04. The van der Waals surface area contributed by atoms with Crippen LogP contribution in [0.5, 0.6) is 0 Å². The lowest BCUT2D eigenvalue weighted by Gasteiger charge is -2.34. The lowest BCUT2D eigenvalue weighted by molar-refractivity contribution is -0.144. The number of likely N-dealkylation sites (tertiary alicyclic amines) is 1. The monoisotopic (exact) mass is 317 g/mol. The van der Waals surface area contributed by atoms with E-state index in [1.807, 2.05) is 0 Å². The van der Waals surface area contributed by atoms with Gasteiger partial charge in [-0.25, -0.2) is 0 Å². The van der Waals surface area contributed by atoms with Gasteiger partial charge in [-0.3, -0.25) is 9.69 Å². The van der Waals surface area contributed by atoms with E-state index in [2.05, 4.69) is 39.2 Å². The third kappa shape index (κ3) is 3.53. The molecule has 94 valence electrons. The van der Waals surface area contributed by atoms with Crippen molar-refractivity contribution in [1.29, 1.82) is 0 Å². The maximum atomic E-state index is 11.1. The van der Waals surface area contributed by atoms with Crippen molar-refractivity contribution < 1.29 is 9.90 Å². The molecule has 2 rings (SSSR count). The summed E-state index contributed by atoms with van der Waals surface area (Å²) >= 11 is 5.12. The zero-order valence-electron chi connectivity index (χ0n) is 9.73. The maximum absolute atomic E-state index is 11.1. The average molecular weight is 318 g/mol. The highest BCUT2D eigenvalue weighted by molar-refractivity contribution is 9.11. The van der Waals surface area contributed by atoms with Crippen molar-refractivity contribution in [3.05, 3.63) is 20.8 Å². The summed E-state index contributed by atoms with van der Waals surface area (Å²) in [6, 6.07) is 2.11. The second-order valence-electron chi connectivity index (χ2n) is 4.83. The van der Waals surface area contributed by atoms with Crippen LogP contribution in [0.4, 0.5) is 0 Å². The summed E-state index contributed by atoms with van der Waals surface area (Å²) in [5, 5.41) is 11.2. The molecule has 0 saturated carbocycles. The standard InChI is InChI=1S/C12H16BrNO2S/c1-8-2-10(12(15)16)6-14(4-8)5-9-3-11(13)17-7-9/h3,7-8,10H,2,4-6H2,1H3,(H,15,16). The Bertz CT molecular complexity index is 407. The molecule has 0 aliphatic carbocycles. The number of piperidine rings is 1. The Morgan fingerprint density at radius 3 is 3.00 bits per heavy atom. The third-order valence-corrected chi connectivity index (χ3v) is 4.67. The molecule has 1 aromatic rings. The van der Waals surface area contributed by atoms with Crippen LogP contribution in [-0.4, -0.2) is 29.1 Å². The fourth-order valence-electron chi connectivity index (χ4n) is 2.46. The molecule has 1 N–H and O–H groups in total. The van der Waals surface area contributed by atoms with Crippen LogP contribution < -0.4 is 0 Å². The van der Waals surface area contributed by atoms with Gasteiger partial charge < -0.3 is 5.11 Å². The number of rotatable bonds is 3. The predicted molar refractivity (Wildman–Crippen MR) is 72.2 cm³/mol. The molecule has 1 aromatic heterocycles. The summed E-state index contributed by atoms with van der Waals surface area (Å²) in [5.74, 6) is -0.402. The molecule has 1 saturated heterocycles. The summed E-state index contributed by atoms with van der Waals surface area (Å²) in [5.41, 5.74) is 1.26. The van der Waals surface area contributed by atoms with Gasteiger partial charge in [-0.2, -0.15) is 0 Å². The molecule has 2 heterocycles. The number of halogens is 1. The van der Waals surface area contributed by atoms with Gasteiger partial charge in [0.25, 0.3) is 0 Å². The predicted octanol–water partition coefficient (Wildman–Crippen LogP) is 3.05. The Morgan fingerprint density at radius 2 is 2.41 bits per heavy atom. The molecule has 1 aliphatic heterocycles. The van der Waals surface area contributed by atoms with Crippen molar-refractivity contribution in [3.63, 3.8) is 0 Å². The quantitative estimate of drug-likeness (QED) is 0.931. The van der Waals surface area contributed by atoms with Crippen molar-refractivity contribution >= 4 is 33.2 Å². The molecule has 0 radical (unpaired) electrons. The van der Waals surface area contributed by atoms with E-state index in [0.29, 0.717) is 12.5 Å². The highest BCUT2D eigenvalue weighted by Crippen LogP contribution is 2.26. The van der Waals surface area contributed by atoms with Crippen molar-refractivity contribution in [1.82, 2.24) is 4.90 Å². The fourth-order valence-corrected chi connectivity index (χ4v) is 3.66. The van der Waals surface area contributed by atoms with Gasteiger partial charge >= 0.3 is 5.97 Å². The van der Waals surface area contributed by atoms with Gasteiger partial charge in [0.15, 0.2) is 0 Å². The van der Waals surface area contributed by atoms with E-state index in [9.17, 15) is 4.79 Å². The molecule has 0 aromatic carbocycles. The largest absolute Gasteiger partial charge is 0.481 e. The van der Waals surface area contributed by atoms with Crippen LogP contribution in [0.3, 0.4) is 0 Å². The molecule has 2 unspecified atom stereocenters. The highest BCUT2D eigenvalue weighted by atomic mass is 79.9. The number of hydrogen-bond donors (Lipinski definition) is 1. The van der Waals surface area contributed by atoms with Gasteiger partial charge in [-0.05, 0) is 45.3 Å². The third-order valence-electron chi connectivity index (χ3n) is 3.11. The Labute approximate surface area is 114 Å². The second-order valence-corrected chi connectivity index (χ2v) is 7.12. The molecule has 0 amide bonds. The topological polar surface area (TPSA) is 40.5 Å². The number of hydrogen-bond acceptors (Lipinski definition) is 3. The van der Waals surface area contributed by atoms with Gasteiger partial charge in [-0.1, -0.05) is 6.92 Å². The molecule has 0 bridgehead atoms. The van der Waals surface area contributed by atoms with Gasteiger partial charge in [0, 0.05) is 19.6 Å². The van der Waals surface area contributed by atoms with Gasteiger partial charge in [-0.15, -0.1) is 11.3 Å². The number of thiophene rings is 1. The van der Waals surface area contributed by atoms with E-state index in [4.69, 9.17) is 5.11 Å². The first kappa shape index (κ1) is 13.1. The number of carboxylic acids is 1. The minimum atomic E-state index is -0.659. The van der Waals surface area contributed by atoms with Crippen LogP contribution in [0, 0.1) is 11.8 Å². The zero-order valence-corrected chi connectivity index (χ0v) is 12.1. The summed E-state index contributed by atoms with van der Waals surface area (Å²) in [6.45, 7) is 4.66. The summed E-state index contributed by atoms with van der Waals surface area (Å²) in [4.78, 5) is 13.3. The Hall–Kier alpha value is -0.390. The molecule has 1 fully saturated rings. The highest BCUT2D eigenvalue weighted by Gasteiger charge is 2.29. The van der Waals surface area contributed by atoms with E-state index in [1.165, 1.54) is 5.56 Å². The zero-order chi connectivity index (χ0) is 12.4. The van der Waals surface area contributed by atoms with E-state index < -0.39 is 5.97 Å². The molecule has 5 heteroatoms. The van der Waals surface area contributed by atoms with Crippen LogP contribution in [0.2, 0.25) is 0 Å². The maximum Gasteiger partial charge on any atom is 0.307 e. The lowest BCUT2D eigenvalue weighted by Crippen LogP contribution is -2.41. The molecule has 2 atom stereocenters. The van der Waals surface area contributed by atoms with E-state index in [0.717, 1.165) is 23.3 Å². The minimum Gasteiger partial charge on any atom is -0.481 e. The van der Waals surface area contributed by atoms with Crippen molar-refractivity contribution in [2.75, 3.05) is 13.1 Å². The summed E-state index contributed by atoms with van der Waals surface area (Å²) < 4.78 is 1.13. The summed E-state index contributed by atoms with van der Waals surface area (Å²) in [6.07, 6.45) is 0.805. The van der Waals surface area contributed by atoms with Crippen LogP contribution in [0.15, 0.2) is 15.2 Å². The second kappa shape index (κ2) is 5.50. The van der Waals surface area contributed by atoms with Crippen LogP contribution >= 0.6 is 27.3 Å². The van der Waals surface area contributed by atoms with Crippen molar-refractivity contribution in [3.8, 4) is 0 Å². The molecule has 3 nitrogen and oxygen atoms in total. The van der Waals surface area contributed by atoms with Crippen LogP contribution in [-0.2, 0) is 11.3 Å². The van der Waals surface area contributed by atoms with Gasteiger partial charge in [0.1, 0.15) is 0 Å². The first-order valence-corrected chi connectivity index (χ1v) is 7.40. The Balaban J connectivity index is 1.98. The van der Waals surface area contributed by atoms with E-state index in [-0.39, 0.29) is 5.92 Å². The molecule has 0 spiro atoms. The fraction of sp³-hybridized carbons (Fsp3) is 0.583. The van der Waals surface area contributed by atoms with Crippen LogP contribution in [0.1, 0.15) is 18.9 Å². The minimum absolute atomic E-state index is 0.208. The smallest absolute Gasteiger partial charge is 0.307 e. The number of nitrogens with zero attached hydrogens (tertiary/aromatic N) is 1. The number of aliphatic carboxylic acids is 1. The van der Waals surface area contributed by atoms with Crippen LogP contribution in [0.25, 0.3) is 0 Å². The van der Waals surface area contributed by atoms with Crippen molar-refractivity contribution in [2.45, 2.75) is 19.9 Å². The van der Waals surface area contributed by atoms with Crippen molar-refractivity contribution in [2.24, 2.45) is 11.8 Å². The molecular weight excluding hydrogens is 302 g/mol. The molecule has 17 heavy (non-hydrogen) atoms. The molecule has 1 aliphatic rings. The average Bonchev–Trinajstić information content (AvgIpc) is 2.63. The van der Waals surface area contributed by atoms with Gasteiger partial charge in [0.2, 0.25) is 0 Å². The SMILES string of the molecule is CC1CC(C(=O)O)CN(Cc2csc(Br)c2)C1. The number of carbonyl (C=O) groups is 1. The first-order valence-electron chi connectivity index (χ1n) is 5.72. The number of carboxylic acid groups (broad SMARTS) is 1. The normalized spacial score (nSPS) is 26.0. The van der Waals surface area contributed by atoms with Gasteiger partial charge in [0.05, 0.1) is 9.70 Å². The Kier molecular flexibility index (Phi) is 4.22. The molecular formula is C12H16BrNO2S. The Morgan fingerprint density at radius 1 is 1.65 bits per heavy atom. The van der Waals surface area contributed by atoms with E-state index >= 15 is 0 Å².